The molecule has 2 amide bonds. The lowest BCUT2D eigenvalue weighted by atomic mass is 10.1. The summed E-state index contributed by atoms with van der Waals surface area (Å²) in [6.45, 7) is -0.0149. The van der Waals surface area contributed by atoms with E-state index in [-0.39, 0.29) is 25.1 Å². The number of amides is 2. The number of sulfone groups is 1. The number of aliphatic hydroxyl groups excluding tert-OH is 1. The van der Waals surface area contributed by atoms with Crippen LogP contribution in [0.15, 0.2) is 0 Å². The van der Waals surface area contributed by atoms with Crippen LogP contribution in [0.3, 0.4) is 0 Å². The predicted molar refractivity (Wildman–Crippen MR) is 67.6 cm³/mol. The lowest BCUT2D eigenvalue weighted by Gasteiger charge is -2.25. The Morgan fingerprint density at radius 1 is 1.47 bits per heavy atom. The van der Waals surface area contributed by atoms with Gasteiger partial charge in [0, 0.05) is 19.2 Å². The number of hydrogen-bond acceptors (Lipinski definition) is 6. The van der Waals surface area contributed by atoms with Crippen LogP contribution in [-0.2, 0) is 19.4 Å². The molecule has 8 nitrogen and oxygen atoms in total. The standard InChI is InChI=1S/C10H19N3O5S/c1-19(17,18)3-2-7(11)10(16)13-5-6(14)4-8(13)9(12)15/h6-8,14H,2-5,11H2,1H3,(H2,12,15). The van der Waals surface area contributed by atoms with E-state index in [1.165, 1.54) is 0 Å². The Morgan fingerprint density at radius 3 is 2.53 bits per heavy atom. The third-order valence-electron chi connectivity index (χ3n) is 3.01. The van der Waals surface area contributed by atoms with E-state index in [1.807, 2.05) is 0 Å². The molecule has 0 aromatic rings. The van der Waals surface area contributed by atoms with Gasteiger partial charge >= 0.3 is 0 Å². The summed E-state index contributed by atoms with van der Waals surface area (Å²) in [5, 5.41) is 9.47. The van der Waals surface area contributed by atoms with Crippen LogP contribution in [0.1, 0.15) is 12.8 Å². The first-order valence-electron chi connectivity index (χ1n) is 5.83. The molecule has 0 saturated carbocycles. The summed E-state index contributed by atoms with van der Waals surface area (Å²) in [5.41, 5.74) is 10.8. The first-order valence-corrected chi connectivity index (χ1v) is 7.89. The number of primary amides is 1. The number of nitrogens with zero attached hydrogens (tertiary/aromatic N) is 1. The van der Waals surface area contributed by atoms with Crippen LogP contribution in [0.2, 0.25) is 0 Å². The molecular formula is C10H19N3O5S. The molecule has 0 spiro atoms. The summed E-state index contributed by atoms with van der Waals surface area (Å²) in [4.78, 5) is 24.3. The van der Waals surface area contributed by atoms with Gasteiger partial charge in [-0.2, -0.15) is 0 Å². The fourth-order valence-electron chi connectivity index (χ4n) is 2.00. The van der Waals surface area contributed by atoms with E-state index < -0.39 is 39.8 Å². The maximum absolute atomic E-state index is 12.0. The van der Waals surface area contributed by atoms with Crippen molar-refractivity contribution in [1.29, 1.82) is 0 Å². The Hall–Kier alpha value is -1.19. The normalized spacial score (nSPS) is 25.3. The predicted octanol–water partition coefficient (Wildman–Crippen LogP) is -2.80. The fraction of sp³-hybridized carbons (Fsp3) is 0.800. The van der Waals surface area contributed by atoms with Gasteiger partial charge in [-0.1, -0.05) is 0 Å². The van der Waals surface area contributed by atoms with Gasteiger partial charge in [-0.3, -0.25) is 9.59 Å². The highest BCUT2D eigenvalue weighted by atomic mass is 32.2. The van der Waals surface area contributed by atoms with E-state index in [9.17, 15) is 23.1 Å². The van der Waals surface area contributed by atoms with Crippen molar-refractivity contribution in [2.24, 2.45) is 11.5 Å². The first-order chi connectivity index (χ1) is 8.61. The smallest absolute Gasteiger partial charge is 0.240 e. The minimum Gasteiger partial charge on any atom is -0.391 e. The molecule has 0 aliphatic carbocycles. The zero-order chi connectivity index (χ0) is 14.8. The van der Waals surface area contributed by atoms with Gasteiger partial charge in [0.05, 0.1) is 17.9 Å². The number of aliphatic hydroxyl groups is 1. The van der Waals surface area contributed by atoms with Crippen molar-refractivity contribution in [2.45, 2.75) is 31.0 Å². The molecule has 1 saturated heterocycles. The molecule has 110 valence electrons. The molecule has 3 atom stereocenters. The van der Waals surface area contributed by atoms with Gasteiger partial charge in [-0.15, -0.1) is 0 Å². The van der Waals surface area contributed by atoms with E-state index in [0.29, 0.717) is 0 Å². The minimum absolute atomic E-state index is 0.0149. The third kappa shape index (κ3) is 4.44. The van der Waals surface area contributed by atoms with Crippen molar-refractivity contribution >= 4 is 21.7 Å². The van der Waals surface area contributed by atoms with E-state index >= 15 is 0 Å². The van der Waals surface area contributed by atoms with Gasteiger partial charge in [0.1, 0.15) is 15.9 Å². The van der Waals surface area contributed by atoms with Gasteiger partial charge < -0.3 is 21.5 Å². The molecule has 0 radical (unpaired) electrons. The minimum atomic E-state index is -3.21. The highest BCUT2D eigenvalue weighted by molar-refractivity contribution is 7.90. The average molecular weight is 293 g/mol. The van der Waals surface area contributed by atoms with Gasteiger partial charge in [0.15, 0.2) is 0 Å². The molecule has 19 heavy (non-hydrogen) atoms. The fourth-order valence-corrected chi connectivity index (χ4v) is 2.69. The number of rotatable bonds is 5. The summed E-state index contributed by atoms with van der Waals surface area (Å²) in [6, 6.07) is -1.91. The second-order valence-corrected chi connectivity index (χ2v) is 7.08. The quantitative estimate of drug-likeness (QED) is 0.499. The molecular weight excluding hydrogens is 274 g/mol. The van der Waals surface area contributed by atoms with Crippen LogP contribution >= 0.6 is 0 Å². The Bertz CT molecular complexity index is 464. The highest BCUT2D eigenvalue weighted by Crippen LogP contribution is 2.19. The molecule has 1 fully saturated rings. The van der Waals surface area contributed by atoms with Crippen LogP contribution < -0.4 is 11.5 Å². The van der Waals surface area contributed by atoms with Crippen molar-refractivity contribution in [1.82, 2.24) is 4.90 Å². The SMILES string of the molecule is CS(=O)(=O)CCC(N)C(=O)N1CC(O)CC1C(N)=O. The van der Waals surface area contributed by atoms with E-state index in [2.05, 4.69) is 0 Å². The molecule has 1 aliphatic heterocycles. The zero-order valence-electron chi connectivity index (χ0n) is 10.7. The summed E-state index contributed by atoms with van der Waals surface area (Å²) >= 11 is 0. The van der Waals surface area contributed by atoms with E-state index in [4.69, 9.17) is 11.5 Å². The van der Waals surface area contributed by atoms with Crippen LogP contribution in [-0.4, -0.2) is 67.0 Å². The number of carbonyl (C=O) groups excluding carboxylic acids is 2. The van der Waals surface area contributed by atoms with Crippen LogP contribution in [0.4, 0.5) is 0 Å². The topological polar surface area (TPSA) is 144 Å². The Morgan fingerprint density at radius 2 is 2.05 bits per heavy atom. The van der Waals surface area contributed by atoms with E-state index in [1.54, 1.807) is 0 Å². The average Bonchev–Trinajstić information content (AvgIpc) is 2.66. The third-order valence-corrected chi connectivity index (χ3v) is 3.98. The molecule has 0 aromatic carbocycles. The largest absolute Gasteiger partial charge is 0.391 e. The molecule has 0 bridgehead atoms. The number of hydrogen-bond donors (Lipinski definition) is 3. The number of carbonyl (C=O) groups is 2. The molecule has 1 aliphatic rings. The van der Waals surface area contributed by atoms with Gasteiger partial charge in [0.25, 0.3) is 0 Å². The second kappa shape index (κ2) is 5.85. The Kier molecular flexibility index (Phi) is 4.88. The maximum Gasteiger partial charge on any atom is 0.240 e. The highest BCUT2D eigenvalue weighted by Gasteiger charge is 2.39. The Balaban J connectivity index is 2.68. The van der Waals surface area contributed by atoms with Crippen molar-refractivity contribution in [2.75, 3.05) is 18.6 Å². The van der Waals surface area contributed by atoms with Crippen LogP contribution in [0.5, 0.6) is 0 Å². The summed E-state index contributed by atoms with van der Waals surface area (Å²) in [5.74, 6) is -1.48. The molecule has 0 aromatic heterocycles. The summed E-state index contributed by atoms with van der Waals surface area (Å²) in [7, 11) is -3.21. The monoisotopic (exact) mass is 293 g/mol. The second-order valence-electron chi connectivity index (χ2n) is 4.82. The van der Waals surface area contributed by atoms with Crippen molar-refractivity contribution in [3.05, 3.63) is 0 Å². The van der Waals surface area contributed by atoms with Crippen molar-refractivity contribution < 1.29 is 23.1 Å². The lowest BCUT2D eigenvalue weighted by molar-refractivity contribution is -0.138. The lowest BCUT2D eigenvalue weighted by Crippen LogP contribution is -2.50. The first kappa shape index (κ1) is 15.9. The zero-order valence-corrected chi connectivity index (χ0v) is 11.5. The molecule has 1 rings (SSSR count). The summed E-state index contributed by atoms with van der Waals surface area (Å²) in [6.07, 6.45) is 0.287. The molecule has 3 unspecified atom stereocenters. The summed E-state index contributed by atoms with van der Waals surface area (Å²) < 4.78 is 22.0. The van der Waals surface area contributed by atoms with Gasteiger partial charge in [-0.05, 0) is 6.42 Å². The van der Waals surface area contributed by atoms with Crippen LogP contribution in [0, 0.1) is 0 Å². The molecule has 1 heterocycles. The van der Waals surface area contributed by atoms with E-state index in [0.717, 1.165) is 11.2 Å². The van der Waals surface area contributed by atoms with Gasteiger partial charge in [-0.25, -0.2) is 8.42 Å². The Labute approximate surface area is 111 Å². The van der Waals surface area contributed by atoms with Crippen molar-refractivity contribution in [3.63, 3.8) is 0 Å². The number of β-amino-alcohol motifs (C(OH)–C–C–N with tert-alkyl or cyclic N) is 1. The van der Waals surface area contributed by atoms with Gasteiger partial charge in [0.2, 0.25) is 11.8 Å². The number of likely N-dealkylation sites (tertiary alicyclic amines) is 1. The molecule has 9 heteroatoms. The van der Waals surface area contributed by atoms with Crippen molar-refractivity contribution in [3.8, 4) is 0 Å². The molecule has 5 N–H and O–H groups in total. The number of nitrogens with two attached hydrogens (primary N) is 2. The van der Waals surface area contributed by atoms with Crippen LogP contribution in [0.25, 0.3) is 0 Å². The maximum atomic E-state index is 12.0.